The average Bonchev–Trinajstić information content (AvgIpc) is 3.71. The van der Waals surface area contributed by atoms with E-state index in [9.17, 15) is 5.41 Å². The molecule has 7 heteroatoms. The highest BCUT2D eigenvalue weighted by molar-refractivity contribution is 5.96. The van der Waals surface area contributed by atoms with Crippen LogP contribution < -0.4 is 5.73 Å². The van der Waals surface area contributed by atoms with Gasteiger partial charge < -0.3 is 29.7 Å². The summed E-state index contributed by atoms with van der Waals surface area (Å²) in [4.78, 5) is 7.92. The van der Waals surface area contributed by atoms with Crippen molar-refractivity contribution in [2.24, 2.45) is 22.6 Å². The average molecular weight is 1020 g/mol. The van der Waals surface area contributed by atoms with Crippen molar-refractivity contribution in [3.05, 3.63) is 146 Å². The number of nitrogens with two attached hydrogens (primary N) is 1. The predicted molar refractivity (Wildman–Crippen MR) is 332 cm³/mol. The van der Waals surface area contributed by atoms with E-state index in [-0.39, 0.29) is 5.54 Å². The molecule has 0 bridgehead atoms. The molecule has 3 aromatic heterocycles. The molecule has 2 unspecified atom stereocenters. The Morgan fingerprint density at radius 3 is 2.19 bits per heavy atom. The van der Waals surface area contributed by atoms with E-state index < -0.39 is 0 Å². The van der Waals surface area contributed by atoms with Crippen molar-refractivity contribution in [1.82, 2.24) is 18.6 Å². The quantitative estimate of drug-likeness (QED) is 0.0975. The van der Waals surface area contributed by atoms with Gasteiger partial charge in [0.15, 0.2) is 0 Å². The van der Waals surface area contributed by atoms with Gasteiger partial charge in [-0.25, -0.2) is 0 Å². The van der Waals surface area contributed by atoms with E-state index in [1.165, 1.54) is 121 Å². The summed E-state index contributed by atoms with van der Waals surface area (Å²) in [5.74, 6) is 1.00. The number of rotatable bonds is 14. The van der Waals surface area contributed by atoms with Crippen LogP contribution in [0.2, 0.25) is 0 Å². The van der Waals surface area contributed by atoms with E-state index in [0.717, 1.165) is 116 Å². The largest absolute Gasteiger partial charge is 0.367 e. The van der Waals surface area contributed by atoms with Gasteiger partial charge in [0.1, 0.15) is 0 Å². The second-order valence-corrected chi connectivity index (χ2v) is 23.2. The molecular formula is C70H85N7. The van der Waals surface area contributed by atoms with Crippen LogP contribution in [0.15, 0.2) is 83.6 Å². The fourth-order valence-corrected chi connectivity index (χ4v) is 13.5. The summed E-state index contributed by atoms with van der Waals surface area (Å²) in [6.45, 7) is 13.3. The highest BCUT2D eigenvalue weighted by Gasteiger charge is 2.34. The first-order valence-electron chi connectivity index (χ1n) is 30.2. The van der Waals surface area contributed by atoms with Crippen molar-refractivity contribution in [3.63, 3.8) is 0 Å². The lowest BCUT2D eigenvalue weighted by Crippen LogP contribution is -2.17. The number of hydrogen-bond acceptors (Lipinski definition) is 4. The Morgan fingerprint density at radius 2 is 1.45 bits per heavy atom. The zero-order chi connectivity index (χ0) is 52.9. The molecule has 7 nitrogen and oxygen atoms in total. The summed E-state index contributed by atoms with van der Waals surface area (Å²) in [6, 6.07) is 7.73. The van der Waals surface area contributed by atoms with Gasteiger partial charge in [-0.15, -0.1) is 0 Å². The van der Waals surface area contributed by atoms with E-state index >= 15 is 0 Å². The smallest absolute Gasteiger partial charge is 0.0791 e. The first-order chi connectivity index (χ1) is 37.9. The fraction of sp³-hybridized carbons (Fsp3) is 0.429. The van der Waals surface area contributed by atoms with E-state index in [4.69, 9.17) is 10.7 Å². The second kappa shape index (κ2) is 23.7. The number of nitrogens with zero attached hydrogens (tertiary/aromatic N) is 5. The van der Waals surface area contributed by atoms with Crippen molar-refractivity contribution in [2.45, 2.75) is 167 Å². The zero-order valence-electron chi connectivity index (χ0n) is 46.7. The monoisotopic (exact) mass is 1020 g/mol. The Labute approximate surface area is 461 Å². The van der Waals surface area contributed by atoms with E-state index in [1.54, 1.807) is 6.21 Å². The normalized spacial score (nSPS) is 23.8. The molecular weight excluding hydrogens is 939 g/mol. The Hall–Kier alpha value is -6.44. The van der Waals surface area contributed by atoms with Crippen molar-refractivity contribution >= 4 is 73.2 Å². The maximum atomic E-state index is 9.20. The van der Waals surface area contributed by atoms with Crippen LogP contribution in [-0.4, -0.2) is 55.7 Å². The molecule has 11 rings (SSSR count). The van der Waals surface area contributed by atoms with Crippen molar-refractivity contribution in [3.8, 4) is 17.1 Å². The Kier molecular flexibility index (Phi) is 16.2. The van der Waals surface area contributed by atoms with Crippen molar-refractivity contribution < 1.29 is 0 Å². The van der Waals surface area contributed by atoms with Crippen molar-refractivity contribution in [1.29, 1.82) is 5.41 Å². The molecule has 3 N–H and O–H groups in total. The van der Waals surface area contributed by atoms with Gasteiger partial charge in [-0.3, -0.25) is 4.99 Å². The van der Waals surface area contributed by atoms with Crippen LogP contribution in [0.4, 0.5) is 0 Å². The minimum absolute atomic E-state index is 0.173. The van der Waals surface area contributed by atoms with Crippen LogP contribution in [0.25, 0.3) is 77.8 Å². The molecule has 1 aromatic carbocycles. The van der Waals surface area contributed by atoms with Crippen molar-refractivity contribution in [2.75, 3.05) is 13.1 Å². The summed E-state index contributed by atoms with van der Waals surface area (Å²) in [7, 11) is 0. The van der Waals surface area contributed by atoms with E-state index in [0.29, 0.717) is 24.4 Å². The fourth-order valence-electron chi connectivity index (χ4n) is 13.5. The molecule has 1 spiro atoms. The van der Waals surface area contributed by atoms with Gasteiger partial charge in [0.2, 0.25) is 0 Å². The number of aliphatic imine (C=N–C) groups is 1. The van der Waals surface area contributed by atoms with Gasteiger partial charge >= 0.3 is 0 Å². The lowest BCUT2D eigenvalue weighted by Gasteiger charge is -2.21. The molecule has 77 heavy (non-hydrogen) atoms. The first kappa shape index (κ1) is 52.6. The molecule has 0 amide bonds. The number of hydrogen-bond donors (Lipinski definition) is 2. The van der Waals surface area contributed by atoms with Crippen LogP contribution in [0, 0.1) is 17.2 Å². The van der Waals surface area contributed by atoms with Crippen LogP contribution >= 0.6 is 0 Å². The molecule has 2 saturated carbocycles. The number of aromatic nitrogens is 3. The molecule has 6 heterocycles. The molecule has 3 fully saturated rings. The maximum absolute atomic E-state index is 9.20. The minimum Gasteiger partial charge on any atom is -0.367 e. The van der Waals surface area contributed by atoms with E-state index in [1.807, 2.05) is 0 Å². The molecule has 3 aliphatic heterocycles. The molecule has 2 atom stereocenters. The van der Waals surface area contributed by atoms with Crippen LogP contribution in [0.3, 0.4) is 0 Å². The van der Waals surface area contributed by atoms with Gasteiger partial charge in [-0.05, 0) is 182 Å². The van der Waals surface area contributed by atoms with Gasteiger partial charge in [0.25, 0.3) is 0 Å². The minimum atomic E-state index is -0.173. The summed E-state index contributed by atoms with van der Waals surface area (Å²) in [6.07, 6.45) is 68.4. The highest BCUT2D eigenvalue weighted by Crippen LogP contribution is 2.43. The second-order valence-electron chi connectivity index (χ2n) is 23.2. The van der Waals surface area contributed by atoms with Crippen LogP contribution in [0.1, 0.15) is 223 Å². The number of benzene rings is 1. The Balaban J connectivity index is 1.27. The van der Waals surface area contributed by atoms with Crippen LogP contribution in [-0.2, 0) is 0 Å². The number of allylic oxidation sites excluding steroid dienone is 6. The summed E-state index contributed by atoms with van der Waals surface area (Å²) < 4.78 is 7.61. The lowest BCUT2D eigenvalue weighted by atomic mass is 9.89. The topological polar surface area (TPSA) is 80.0 Å². The molecule has 7 aliphatic rings. The van der Waals surface area contributed by atoms with Gasteiger partial charge in [-0.1, -0.05) is 125 Å². The Bertz CT molecular complexity index is 3180. The predicted octanol–water partition coefficient (Wildman–Crippen LogP) is 17.9. The summed E-state index contributed by atoms with van der Waals surface area (Å²) >= 11 is 0. The van der Waals surface area contributed by atoms with Gasteiger partial charge in [-0.2, -0.15) is 0 Å². The molecule has 1 saturated heterocycles. The third-order valence-electron chi connectivity index (χ3n) is 18.2. The highest BCUT2D eigenvalue weighted by atomic mass is 15.3. The molecule has 4 aromatic rings. The zero-order valence-corrected chi connectivity index (χ0v) is 46.7. The molecule has 0 radical (unpaired) electrons. The maximum Gasteiger partial charge on any atom is 0.0791 e. The Morgan fingerprint density at radius 1 is 0.740 bits per heavy atom. The summed E-state index contributed by atoms with van der Waals surface area (Å²) in [5, 5.41) is 9.20. The number of fused-ring (bicyclic) bond motifs is 6. The van der Waals surface area contributed by atoms with Gasteiger partial charge in [0, 0.05) is 58.6 Å². The first-order valence-corrected chi connectivity index (χ1v) is 30.2. The molecule has 400 valence electrons. The number of nitrogens with one attached hydrogen (secondary N) is 1. The third-order valence-corrected chi connectivity index (χ3v) is 18.2. The SMILES string of the molecule is C=Cc1c(/C=C(\CC)CCCN)c2c(n1-c1cc(-n3c4c(c5c3/C=C\CCCC/C(CC)=C/5)C=NC3(C=C4)CCCC3)cc(-n3c(/C=C\C4CCCCC4)c(C=N)c4c3/C=C\C3CN3/C=C/4)c1)/C=C\C(CC)CCC/C=C/2. The van der Waals surface area contributed by atoms with Crippen LogP contribution in [0.5, 0.6) is 0 Å². The standard InChI is InChI=1S/C70H85N7/c1-5-50-22-14-12-17-27-58-60(42-52(7-3)26-21-40-71)64(8-4)75(66(58)32-29-50)55-44-56(76-65-28-18-10-9-13-23-51(6-2)43-61(65)63-48-73-70(37-19-20-38-70)39-35-69(63)76)46-57(45-55)77-67-34-31-54-49-74(54)41-36-59(67)62(47-72)68(77)33-30-53-24-15-11-16-25-53/h8,17-18,27-36,39,41-48,50,53-54,72H,4-7,9-16,19-26,37-38,40,49,71H2,1-3H3/b27-17+,28-18-,32-29-,33-30-,34-31-,41-36+,51-43+,52-42+,72-47?. The lowest BCUT2D eigenvalue weighted by molar-refractivity contribution is 0.420. The van der Waals surface area contributed by atoms with Gasteiger partial charge in [0.05, 0.1) is 62.8 Å². The third kappa shape index (κ3) is 10.8. The molecule has 4 aliphatic carbocycles. The van der Waals surface area contributed by atoms with E-state index in [2.05, 4.69) is 174 Å². The summed E-state index contributed by atoms with van der Waals surface area (Å²) in [5.41, 5.74) is 26.0.